The first-order chi connectivity index (χ1) is 34.7. The maximum absolute atomic E-state index is 14.1. The molecule has 0 spiro atoms. The fourth-order valence-electron chi connectivity index (χ4n) is 11.7. The highest BCUT2D eigenvalue weighted by Crippen LogP contribution is 2.58. The fraction of sp³-hybridized carbons (Fsp3) is 0.286. The second kappa shape index (κ2) is 20.1. The van der Waals surface area contributed by atoms with E-state index in [2.05, 4.69) is 130 Å². The van der Waals surface area contributed by atoms with E-state index in [1.807, 2.05) is 30.3 Å². The number of unbranched alkanes of at least 4 members (excludes halogenated alkanes) is 4. The summed E-state index contributed by atoms with van der Waals surface area (Å²) < 4.78 is 6.32. The molecule has 8 aromatic rings. The van der Waals surface area contributed by atoms with E-state index < -0.39 is 11.6 Å². The summed E-state index contributed by atoms with van der Waals surface area (Å²) in [6.07, 6.45) is 14.9. The van der Waals surface area contributed by atoms with Crippen LogP contribution < -0.4 is 10.5 Å². The third-order valence-electron chi connectivity index (χ3n) is 15.2. The molecule has 2 aliphatic rings. The van der Waals surface area contributed by atoms with Crippen molar-refractivity contribution in [1.29, 1.82) is 5.26 Å². The van der Waals surface area contributed by atoms with Crippen LogP contribution in [0, 0.1) is 11.3 Å². The molecule has 0 saturated carbocycles. The van der Waals surface area contributed by atoms with Crippen LogP contribution in [0.4, 0.5) is 17.1 Å². The topological polar surface area (TPSA) is 94.5 Å². The number of hydrogen-bond acceptors (Lipinski definition) is 7. The highest BCUT2D eigenvalue weighted by atomic mass is 32.1. The molecule has 0 amide bonds. The molecule has 0 radical (unpaired) electrons. The van der Waals surface area contributed by atoms with E-state index >= 15 is 0 Å². The largest absolute Gasteiger partial charge is 0.477 e. The molecule has 8 heteroatoms. The molecule has 6 nitrogen and oxygen atoms in total. The molecule has 5 aromatic carbocycles. The first-order valence-corrected chi connectivity index (χ1v) is 27.2. The molecule has 0 saturated heterocycles. The average molecular weight is 973 g/mol. The van der Waals surface area contributed by atoms with Crippen molar-refractivity contribution in [2.75, 3.05) is 4.90 Å². The van der Waals surface area contributed by atoms with Crippen LogP contribution in [-0.4, -0.2) is 11.1 Å². The lowest BCUT2D eigenvalue weighted by Gasteiger charge is -2.35. The summed E-state index contributed by atoms with van der Waals surface area (Å²) in [6, 6.07) is 50.1. The minimum absolute atomic E-state index is 0.0903. The van der Waals surface area contributed by atoms with Gasteiger partial charge < -0.3 is 14.4 Å². The molecule has 1 N–H and O–H groups in total. The van der Waals surface area contributed by atoms with Gasteiger partial charge in [0.15, 0.2) is 0 Å². The first-order valence-electron chi connectivity index (χ1n) is 25.6. The first kappa shape index (κ1) is 47.9. The molecular formula is C63H60N2O4S2. The Hall–Kier alpha value is -6.79. The van der Waals surface area contributed by atoms with Gasteiger partial charge in [-0.1, -0.05) is 140 Å². The van der Waals surface area contributed by atoms with Gasteiger partial charge in [-0.15, -0.1) is 22.7 Å². The maximum atomic E-state index is 14.1. The fourth-order valence-corrected chi connectivity index (χ4v) is 13.8. The Kier molecular flexibility index (Phi) is 13.6. The SMILES string of the molecule is CCCCC1(CCCC)c2ccccc2-c2ccc(N(c3ccc4c(c3)C(CCCC)(CCCC)c3ccccc3-4)c3ccc4cc(-c5ccc(-c6ccc(C=C(C#N)C(=O)O)s6)s5)c(=O)oc4c3)cc21. The van der Waals surface area contributed by atoms with Crippen molar-refractivity contribution in [2.45, 2.75) is 116 Å². The van der Waals surface area contributed by atoms with Gasteiger partial charge in [-0.05, 0) is 143 Å². The minimum Gasteiger partial charge on any atom is -0.477 e. The molecule has 10 rings (SSSR count). The van der Waals surface area contributed by atoms with Gasteiger partial charge in [-0.3, -0.25) is 0 Å². The van der Waals surface area contributed by atoms with E-state index in [0.717, 1.165) is 114 Å². The standard InChI is InChI=1S/C63H60N2O4S2/c1-5-9-31-62(32-10-6-2)52-19-15-13-17-47(52)49-26-23-43(37-54(49)62)65(44-24-27-50-48-18-14-16-20-53(48)63(33-11-7-3,34-12-8-4)55(50)38-44)45-22-21-41-36-51(61(68)69-56(41)39-45)57-29-30-59(71-57)58-28-25-46(70-58)35-42(40-64)60(66)67/h13-30,35-39H,5-12,31-34H2,1-4H3,(H,66,67). The number of nitriles is 1. The van der Waals surface area contributed by atoms with Gasteiger partial charge in [0, 0.05) is 58.9 Å². The zero-order valence-electron chi connectivity index (χ0n) is 41.1. The normalized spacial score (nSPS) is 13.9. The number of nitrogens with zero attached hydrogens (tertiary/aromatic N) is 2. The van der Waals surface area contributed by atoms with Crippen LogP contribution >= 0.6 is 22.7 Å². The van der Waals surface area contributed by atoms with Crippen LogP contribution in [0.3, 0.4) is 0 Å². The summed E-state index contributed by atoms with van der Waals surface area (Å²) in [6.45, 7) is 9.22. The van der Waals surface area contributed by atoms with E-state index in [-0.39, 0.29) is 16.4 Å². The number of anilines is 3. The highest BCUT2D eigenvalue weighted by Gasteiger charge is 2.44. The third kappa shape index (κ3) is 8.57. The molecule has 71 heavy (non-hydrogen) atoms. The van der Waals surface area contributed by atoms with Crippen LogP contribution in [0.1, 0.15) is 132 Å². The number of carbonyl (C=O) groups is 1. The van der Waals surface area contributed by atoms with Crippen molar-refractivity contribution in [3.05, 3.63) is 177 Å². The van der Waals surface area contributed by atoms with Crippen LogP contribution in [0.25, 0.3) is 59.5 Å². The Morgan fingerprint density at radius 1 is 0.577 bits per heavy atom. The van der Waals surface area contributed by atoms with E-state index in [1.165, 1.54) is 73.3 Å². The van der Waals surface area contributed by atoms with Gasteiger partial charge in [0.25, 0.3) is 0 Å². The smallest absolute Gasteiger partial charge is 0.346 e. The summed E-state index contributed by atoms with van der Waals surface area (Å²) in [5.41, 5.74) is 14.3. The van der Waals surface area contributed by atoms with Crippen molar-refractivity contribution >= 4 is 62.8 Å². The van der Waals surface area contributed by atoms with Gasteiger partial charge >= 0.3 is 11.6 Å². The van der Waals surface area contributed by atoms with Crippen molar-refractivity contribution in [3.8, 4) is 48.5 Å². The quantitative estimate of drug-likeness (QED) is 0.0493. The third-order valence-corrected chi connectivity index (χ3v) is 17.6. The number of fused-ring (bicyclic) bond motifs is 7. The Morgan fingerprint density at radius 2 is 1.06 bits per heavy atom. The van der Waals surface area contributed by atoms with Crippen molar-refractivity contribution < 1.29 is 14.3 Å². The maximum Gasteiger partial charge on any atom is 0.346 e. The minimum atomic E-state index is -1.26. The molecular weight excluding hydrogens is 913 g/mol. The molecule has 2 aliphatic carbocycles. The predicted molar refractivity (Wildman–Crippen MR) is 296 cm³/mol. The number of benzene rings is 5. The second-order valence-corrected chi connectivity index (χ2v) is 21.7. The lowest BCUT2D eigenvalue weighted by atomic mass is 9.70. The zero-order valence-corrected chi connectivity index (χ0v) is 42.8. The van der Waals surface area contributed by atoms with Crippen molar-refractivity contribution in [2.24, 2.45) is 0 Å². The molecule has 0 aliphatic heterocycles. The zero-order chi connectivity index (χ0) is 49.3. The van der Waals surface area contributed by atoms with Crippen LogP contribution in [-0.2, 0) is 15.6 Å². The molecule has 358 valence electrons. The summed E-state index contributed by atoms with van der Waals surface area (Å²) in [4.78, 5) is 31.3. The average Bonchev–Trinajstić information content (AvgIpc) is 4.19. The number of thiophene rings is 2. The lowest BCUT2D eigenvalue weighted by molar-refractivity contribution is -0.132. The van der Waals surface area contributed by atoms with Crippen LogP contribution in [0.5, 0.6) is 0 Å². The van der Waals surface area contributed by atoms with Gasteiger partial charge in [-0.2, -0.15) is 5.26 Å². The number of carboxylic acids is 1. The van der Waals surface area contributed by atoms with Crippen LogP contribution in [0.15, 0.2) is 148 Å². The summed E-state index contributed by atoms with van der Waals surface area (Å²) in [7, 11) is 0. The molecule has 0 atom stereocenters. The van der Waals surface area contributed by atoms with Gasteiger partial charge in [0.1, 0.15) is 17.2 Å². The Morgan fingerprint density at radius 3 is 1.59 bits per heavy atom. The Bertz CT molecular complexity index is 3300. The van der Waals surface area contributed by atoms with Crippen molar-refractivity contribution in [1.82, 2.24) is 0 Å². The molecule has 0 unspecified atom stereocenters. The molecule has 0 fully saturated rings. The number of hydrogen-bond donors (Lipinski definition) is 1. The van der Waals surface area contributed by atoms with E-state index in [0.29, 0.717) is 16.0 Å². The van der Waals surface area contributed by atoms with Gasteiger partial charge in [-0.25, -0.2) is 9.59 Å². The summed E-state index contributed by atoms with van der Waals surface area (Å²) >= 11 is 2.87. The Labute approximate surface area is 425 Å². The molecule has 0 bridgehead atoms. The summed E-state index contributed by atoms with van der Waals surface area (Å²) in [5.74, 6) is -1.26. The summed E-state index contributed by atoms with van der Waals surface area (Å²) in [5, 5.41) is 19.5. The van der Waals surface area contributed by atoms with E-state index in [9.17, 15) is 20.0 Å². The van der Waals surface area contributed by atoms with Gasteiger partial charge in [0.2, 0.25) is 0 Å². The number of carboxylic acid groups (broad SMARTS) is 1. The van der Waals surface area contributed by atoms with E-state index in [4.69, 9.17) is 4.42 Å². The predicted octanol–water partition coefficient (Wildman–Crippen LogP) is 18.0. The number of rotatable bonds is 19. The second-order valence-electron chi connectivity index (χ2n) is 19.5. The lowest BCUT2D eigenvalue weighted by Crippen LogP contribution is -2.26. The van der Waals surface area contributed by atoms with E-state index in [1.54, 1.807) is 12.1 Å². The Balaban J connectivity index is 1.11. The van der Waals surface area contributed by atoms with Gasteiger partial charge in [0.05, 0.1) is 5.56 Å². The van der Waals surface area contributed by atoms with Crippen molar-refractivity contribution in [3.63, 3.8) is 0 Å². The molecule has 3 heterocycles. The molecule has 3 aromatic heterocycles. The van der Waals surface area contributed by atoms with Crippen LogP contribution in [0.2, 0.25) is 0 Å². The highest BCUT2D eigenvalue weighted by molar-refractivity contribution is 7.24. The number of aliphatic carboxylic acids is 1. The monoisotopic (exact) mass is 972 g/mol.